The Balaban J connectivity index is 2.40. The second kappa shape index (κ2) is 2.47. The van der Waals surface area contributed by atoms with Crippen molar-refractivity contribution in [2.75, 3.05) is 13.7 Å². The first-order chi connectivity index (χ1) is 3.93. The zero-order valence-corrected chi connectivity index (χ0v) is 4.66. The Labute approximate surface area is 48.2 Å². The van der Waals surface area contributed by atoms with E-state index in [4.69, 9.17) is 4.84 Å². The van der Waals surface area contributed by atoms with Crippen molar-refractivity contribution in [1.82, 2.24) is 5.06 Å². The lowest BCUT2D eigenvalue weighted by Gasteiger charge is -2.13. The van der Waals surface area contributed by atoms with Gasteiger partial charge in [0, 0.05) is 6.20 Å². The number of aliphatic imine (C=N–C) groups is 1. The van der Waals surface area contributed by atoms with Gasteiger partial charge in [0.1, 0.15) is 0 Å². The molecule has 0 spiro atoms. The van der Waals surface area contributed by atoms with E-state index in [0.29, 0.717) is 0 Å². The summed E-state index contributed by atoms with van der Waals surface area (Å²) in [7, 11) is 1.58. The van der Waals surface area contributed by atoms with E-state index in [0.717, 1.165) is 6.54 Å². The summed E-state index contributed by atoms with van der Waals surface area (Å²) < 4.78 is 0. The second-order valence-electron chi connectivity index (χ2n) is 1.36. The first-order valence-electron chi connectivity index (χ1n) is 2.35. The monoisotopic (exact) mass is 111 g/mol. The quantitative estimate of drug-likeness (QED) is 0.485. The molecule has 0 aliphatic carbocycles. The number of rotatable bonds is 1. The lowest BCUT2D eigenvalue weighted by molar-refractivity contribution is -0.0508. The summed E-state index contributed by atoms with van der Waals surface area (Å²) in [6.45, 7) is 0.736. The van der Waals surface area contributed by atoms with Crippen LogP contribution in [0, 0.1) is 0 Å². The van der Waals surface area contributed by atoms with Gasteiger partial charge in [-0.05, 0) is 6.08 Å². The van der Waals surface area contributed by atoms with Gasteiger partial charge >= 0.3 is 0 Å². The van der Waals surface area contributed by atoms with Gasteiger partial charge in [-0.25, -0.2) is 10.1 Å². The van der Waals surface area contributed by atoms with E-state index < -0.39 is 0 Å². The maximum atomic E-state index is 4.77. The summed E-state index contributed by atoms with van der Waals surface area (Å²) in [6, 6.07) is 0. The Bertz CT molecular complexity index is 120. The Morgan fingerprint density at radius 2 is 2.75 bits per heavy atom. The van der Waals surface area contributed by atoms with Crippen molar-refractivity contribution in [3.63, 3.8) is 0 Å². The Kier molecular flexibility index (Phi) is 1.64. The molecule has 0 unspecified atom stereocenters. The summed E-state index contributed by atoms with van der Waals surface area (Å²) in [4.78, 5) is 8.47. The molecule has 1 radical (unpaired) electrons. The van der Waals surface area contributed by atoms with Crippen LogP contribution in [-0.4, -0.2) is 25.1 Å². The third-order valence-electron chi connectivity index (χ3n) is 0.841. The number of hydrogen-bond acceptors (Lipinski definition) is 3. The standard InChI is InChI=1S/C5H7N2O/c1-8-7-4-2-3-6-5-7/h2-3H,4H2,1H3. The van der Waals surface area contributed by atoms with Gasteiger partial charge in [0.15, 0.2) is 6.34 Å². The van der Waals surface area contributed by atoms with Crippen molar-refractivity contribution in [1.29, 1.82) is 0 Å². The Morgan fingerprint density at radius 1 is 1.88 bits per heavy atom. The molecule has 43 valence electrons. The van der Waals surface area contributed by atoms with Crippen molar-refractivity contribution in [3.05, 3.63) is 12.3 Å². The second-order valence-corrected chi connectivity index (χ2v) is 1.36. The van der Waals surface area contributed by atoms with Gasteiger partial charge in [-0.15, -0.1) is 0 Å². The van der Waals surface area contributed by atoms with E-state index in [2.05, 4.69) is 11.3 Å². The Morgan fingerprint density at radius 3 is 3.12 bits per heavy atom. The maximum Gasteiger partial charge on any atom is 0.198 e. The smallest absolute Gasteiger partial charge is 0.198 e. The average molecular weight is 111 g/mol. The molecular weight excluding hydrogens is 104 g/mol. The van der Waals surface area contributed by atoms with Crippen LogP contribution < -0.4 is 0 Å². The molecule has 3 heteroatoms. The number of hydroxylamine groups is 2. The summed E-state index contributed by atoms with van der Waals surface area (Å²) >= 11 is 0. The van der Waals surface area contributed by atoms with Crippen molar-refractivity contribution in [2.45, 2.75) is 0 Å². The third kappa shape index (κ3) is 1.07. The van der Waals surface area contributed by atoms with E-state index in [1.807, 2.05) is 6.08 Å². The fourth-order valence-electron chi connectivity index (χ4n) is 0.449. The predicted molar refractivity (Wildman–Crippen MR) is 30.3 cm³/mol. The zero-order valence-electron chi connectivity index (χ0n) is 4.66. The Hall–Kier alpha value is -0.830. The molecule has 0 aromatic carbocycles. The van der Waals surface area contributed by atoms with Crippen molar-refractivity contribution in [3.8, 4) is 0 Å². The summed E-state index contributed by atoms with van der Waals surface area (Å²) in [5.41, 5.74) is 0. The molecule has 0 atom stereocenters. The average Bonchev–Trinajstić information content (AvgIpc) is 1.90. The lowest BCUT2D eigenvalue weighted by atomic mass is 10.5. The van der Waals surface area contributed by atoms with Gasteiger partial charge in [-0.1, -0.05) is 0 Å². The minimum atomic E-state index is 0.736. The van der Waals surface area contributed by atoms with Gasteiger partial charge < -0.3 is 0 Å². The van der Waals surface area contributed by atoms with Crippen LogP contribution in [0.15, 0.2) is 17.3 Å². The van der Waals surface area contributed by atoms with E-state index >= 15 is 0 Å². The van der Waals surface area contributed by atoms with Crippen LogP contribution >= 0.6 is 0 Å². The van der Waals surface area contributed by atoms with Gasteiger partial charge in [0.25, 0.3) is 0 Å². The van der Waals surface area contributed by atoms with Gasteiger partial charge in [-0.2, -0.15) is 0 Å². The predicted octanol–water partition coefficient (Wildman–Crippen LogP) is 0.282. The SMILES string of the molecule is CON1[C]=NC=CC1. The largest absolute Gasteiger partial charge is 0.275 e. The molecule has 0 saturated carbocycles. The first kappa shape index (κ1) is 5.31. The molecule has 0 aromatic rings. The molecule has 1 rings (SSSR count). The molecule has 0 aromatic heterocycles. The van der Waals surface area contributed by atoms with Crippen molar-refractivity contribution in [2.24, 2.45) is 4.99 Å². The van der Waals surface area contributed by atoms with E-state index in [1.54, 1.807) is 13.3 Å². The van der Waals surface area contributed by atoms with Crippen molar-refractivity contribution >= 4 is 6.34 Å². The molecule has 0 fully saturated rings. The van der Waals surface area contributed by atoms with E-state index in [9.17, 15) is 0 Å². The van der Waals surface area contributed by atoms with Crippen LogP contribution in [0.1, 0.15) is 0 Å². The molecule has 0 amide bonds. The van der Waals surface area contributed by atoms with Crippen LogP contribution in [0.3, 0.4) is 0 Å². The molecule has 1 aliphatic heterocycles. The van der Waals surface area contributed by atoms with Crippen LogP contribution in [0.5, 0.6) is 0 Å². The molecule has 0 bridgehead atoms. The van der Waals surface area contributed by atoms with E-state index in [-0.39, 0.29) is 0 Å². The molecule has 8 heavy (non-hydrogen) atoms. The van der Waals surface area contributed by atoms with Crippen molar-refractivity contribution < 1.29 is 4.84 Å². The molecular formula is C5H7N2O. The number of hydrogen-bond donors (Lipinski definition) is 0. The van der Waals surface area contributed by atoms with Crippen LogP contribution in [0.2, 0.25) is 0 Å². The molecule has 3 nitrogen and oxygen atoms in total. The minimum absolute atomic E-state index is 0.736. The summed E-state index contributed by atoms with van der Waals surface area (Å²) in [5.74, 6) is 0. The normalized spacial score (nSPS) is 17.4. The van der Waals surface area contributed by atoms with Gasteiger partial charge in [0.2, 0.25) is 0 Å². The van der Waals surface area contributed by atoms with Gasteiger partial charge in [-0.3, -0.25) is 4.84 Å². The number of nitrogens with zero attached hydrogens (tertiary/aromatic N) is 2. The highest BCUT2D eigenvalue weighted by molar-refractivity contribution is 5.55. The highest BCUT2D eigenvalue weighted by atomic mass is 16.7. The topological polar surface area (TPSA) is 24.8 Å². The van der Waals surface area contributed by atoms with Crippen LogP contribution in [0.4, 0.5) is 0 Å². The fourth-order valence-corrected chi connectivity index (χ4v) is 0.449. The molecule has 0 N–H and O–H groups in total. The molecule has 0 saturated heterocycles. The highest BCUT2D eigenvalue weighted by Crippen LogP contribution is 1.90. The zero-order chi connectivity index (χ0) is 5.82. The minimum Gasteiger partial charge on any atom is -0.275 e. The molecule has 1 heterocycles. The highest BCUT2D eigenvalue weighted by Gasteiger charge is 1.95. The summed E-state index contributed by atoms with van der Waals surface area (Å²) in [5, 5.41) is 1.51. The first-order valence-corrected chi connectivity index (χ1v) is 2.35. The lowest BCUT2D eigenvalue weighted by Crippen LogP contribution is -2.21. The summed E-state index contributed by atoms with van der Waals surface area (Å²) in [6.07, 6.45) is 6.20. The van der Waals surface area contributed by atoms with E-state index in [1.165, 1.54) is 5.06 Å². The third-order valence-corrected chi connectivity index (χ3v) is 0.841. The molecule has 1 aliphatic rings. The maximum absolute atomic E-state index is 4.77. The fraction of sp³-hybridized carbons (Fsp3) is 0.400. The van der Waals surface area contributed by atoms with Crippen LogP contribution in [0.25, 0.3) is 0 Å². The van der Waals surface area contributed by atoms with Crippen LogP contribution in [-0.2, 0) is 4.84 Å². The van der Waals surface area contributed by atoms with Gasteiger partial charge in [0.05, 0.1) is 13.7 Å².